The number of hydrogen-bond donors (Lipinski definition) is 2. The number of carbonyl (C=O) groups excluding carboxylic acids is 1. The van der Waals surface area contributed by atoms with Gasteiger partial charge in [-0.25, -0.2) is 0 Å². The molecule has 0 spiro atoms. The van der Waals surface area contributed by atoms with Crippen LogP contribution in [-0.2, 0) is 4.79 Å². The van der Waals surface area contributed by atoms with Gasteiger partial charge in [-0.3, -0.25) is 4.79 Å². The topological polar surface area (TPSA) is 41.1 Å². The maximum atomic E-state index is 12.5. The zero-order valence-electron chi connectivity index (χ0n) is 12.1. The Morgan fingerprint density at radius 1 is 1.06 bits per heavy atom. The molecule has 1 saturated carbocycles. The first kappa shape index (κ1) is 13.9. The second kappa shape index (κ2) is 5.20. The fourth-order valence-electron chi connectivity index (χ4n) is 3.49. The predicted octanol–water partition coefficient (Wildman–Crippen LogP) is 2.60. The summed E-state index contributed by atoms with van der Waals surface area (Å²) in [6.45, 7) is 7.58. The molecule has 0 bridgehead atoms. The zero-order valence-corrected chi connectivity index (χ0v) is 12.1. The summed E-state index contributed by atoms with van der Waals surface area (Å²) in [7, 11) is 0. The van der Waals surface area contributed by atoms with Gasteiger partial charge >= 0.3 is 0 Å². The lowest BCUT2D eigenvalue weighted by molar-refractivity contribution is -0.129. The molecule has 0 aromatic heterocycles. The molecule has 0 aromatic carbocycles. The van der Waals surface area contributed by atoms with Crippen LogP contribution in [0.3, 0.4) is 0 Å². The van der Waals surface area contributed by atoms with Crippen LogP contribution in [0.4, 0.5) is 0 Å². The molecule has 18 heavy (non-hydrogen) atoms. The Kier molecular flexibility index (Phi) is 4.00. The largest absolute Gasteiger partial charge is 0.350 e. The van der Waals surface area contributed by atoms with Crippen molar-refractivity contribution in [3.05, 3.63) is 0 Å². The minimum absolute atomic E-state index is 0.0231. The third kappa shape index (κ3) is 3.05. The summed E-state index contributed by atoms with van der Waals surface area (Å²) in [6.07, 6.45) is 8.38. The van der Waals surface area contributed by atoms with Gasteiger partial charge in [0.05, 0.1) is 6.04 Å². The van der Waals surface area contributed by atoms with Gasteiger partial charge in [0.15, 0.2) is 0 Å². The second-order valence-electron chi connectivity index (χ2n) is 7.09. The van der Waals surface area contributed by atoms with E-state index in [1.807, 2.05) is 0 Å². The molecular weight excluding hydrogens is 224 g/mol. The van der Waals surface area contributed by atoms with Crippen LogP contribution in [0.2, 0.25) is 0 Å². The van der Waals surface area contributed by atoms with Gasteiger partial charge in [0.1, 0.15) is 0 Å². The monoisotopic (exact) mass is 252 g/mol. The Labute approximate surface area is 111 Å². The van der Waals surface area contributed by atoms with Crippen molar-refractivity contribution in [3.8, 4) is 0 Å². The maximum Gasteiger partial charge on any atom is 0.238 e. The van der Waals surface area contributed by atoms with Crippen molar-refractivity contribution in [2.24, 2.45) is 5.41 Å². The standard InChI is InChI=1S/C15H28N2O/c1-14(2)8-7-11-16-12(14)13(18)17-15(3)9-5-4-6-10-15/h12,16H,4-11H2,1-3H3,(H,17,18). The average Bonchev–Trinajstić information content (AvgIpc) is 2.28. The van der Waals surface area contributed by atoms with E-state index in [9.17, 15) is 4.79 Å². The molecule has 104 valence electrons. The van der Waals surface area contributed by atoms with Crippen molar-refractivity contribution >= 4 is 5.91 Å². The molecular formula is C15H28N2O. The Balaban J connectivity index is 1.98. The van der Waals surface area contributed by atoms with Gasteiger partial charge in [-0.15, -0.1) is 0 Å². The van der Waals surface area contributed by atoms with Crippen LogP contribution in [-0.4, -0.2) is 24.0 Å². The lowest BCUT2D eigenvalue weighted by atomic mass is 9.76. The highest BCUT2D eigenvalue weighted by Gasteiger charge is 2.39. The van der Waals surface area contributed by atoms with Crippen LogP contribution in [0.1, 0.15) is 65.7 Å². The molecule has 0 aromatic rings. The van der Waals surface area contributed by atoms with Gasteiger partial charge in [0.2, 0.25) is 5.91 Å². The van der Waals surface area contributed by atoms with Crippen LogP contribution in [0.15, 0.2) is 0 Å². The maximum absolute atomic E-state index is 12.5. The first-order valence-electron chi connectivity index (χ1n) is 7.48. The van der Waals surface area contributed by atoms with E-state index in [0.29, 0.717) is 0 Å². The second-order valence-corrected chi connectivity index (χ2v) is 7.09. The SMILES string of the molecule is CC1(NC(=O)C2NCCCC2(C)C)CCCCC1. The number of amides is 1. The van der Waals surface area contributed by atoms with Crippen molar-refractivity contribution in [2.75, 3.05) is 6.54 Å². The first-order chi connectivity index (χ1) is 8.43. The number of nitrogens with one attached hydrogen (secondary N) is 2. The molecule has 1 atom stereocenters. The Morgan fingerprint density at radius 3 is 2.33 bits per heavy atom. The molecule has 1 heterocycles. The zero-order chi connectivity index (χ0) is 13.2. The van der Waals surface area contributed by atoms with Crippen molar-refractivity contribution in [1.82, 2.24) is 10.6 Å². The van der Waals surface area contributed by atoms with E-state index in [1.165, 1.54) is 25.7 Å². The highest BCUT2D eigenvalue weighted by Crippen LogP contribution is 2.32. The molecule has 3 nitrogen and oxygen atoms in total. The van der Waals surface area contributed by atoms with Crippen LogP contribution < -0.4 is 10.6 Å². The fourth-order valence-corrected chi connectivity index (χ4v) is 3.49. The smallest absolute Gasteiger partial charge is 0.238 e. The van der Waals surface area contributed by atoms with Gasteiger partial charge in [-0.2, -0.15) is 0 Å². The van der Waals surface area contributed by atoms with Gasteiger partial charge in [-0.05, 0) is 44.6 Å². The van der Waals surface area contributed by atoms with Gasteiger partial charge in [0.25, 0.3) is 0 Å². The molecule has 1 aliphatic heterocycles. The summed E-state index contributed by atoms with van der Waals surface area (Å²) in [4.78, 5) is 12.5. The molecule has 1 amide bonds. The Hall–Kier alpha value is -0.570. The summed E-state index contributed by atoms with van der Waals surface area (Å²) < 4.78 is 0. The van der Waals surface area contributed by atoms with Crippen LogP contribution >= 0.6 is 0 Å². The van der Waals surface area contributed by atoms with Gasteiger partial charge < -0.3 is 10.6 Å². The van der Waals surface area contributed by atoms with E-state index in [-0.39, 0.29) is 22.9 Å². The van der Waals surface area contributed by atoms with E-state index >= 15 is 0 Å². The molecule has 0 radical (unpaired) electrons. The van der Waals surface area contributed by atoms with Crippen molar-refractivity contribution in [1.29, 1.82) is 0 Å². The number of piperidine rings is 1. The molecule has 1 unspecified atom stereocenters. The third-order valence-corrected chi connectivity index (χ3v) is 4.77. The third-order valence-electron chi connectivity index (χ3n) is 4.77. The number of hydrogen-bond acceptors (Lipinski definition) is 2. The average molecular weight is 252 g/mol. The highest BCUT2D eigenvalue weighted by molar-refractivity contribution is 5.83. The normalized spacial score (nSPS) is 30.7. The summed E-state index contributed by atoms with van der Waals surface area (Å²) in [5.41, 5.74) is 0.109. The van der Waals surface area contributed by atoms with Crippen LogP contribution in [0, 0.1) is 5.41 Å². The summed E-state index contributed by atoms with van der Waals surface area (Å²) in [6, 6.07) is -0.0231. The molecule has 3 heteroatoms. The quantitative estimate of drug-likeness (QED) is 0.793. The van der Waals surface area contributed by atoms with Crippen LogP contribution in [0.25, 0.3) is 0 Å². The van der Waals surface area contributed by atoms with Gasteiger partial charge in [-0.1, -0.05) is 33.1 Å². The molecule has 2 fully saturated rings. The van der Waals surface area contributed by atoms with Crippen molar-refractivity contribution in [2.45, 2.75) is 77.3 Å². The summed E-state index contributed by atoms with van der Waals surface area (Å²) >= 11 is 0. The molecule has 2 aliphatic rings. The minimum atomic E-state index is -0.0231. The van der Waals surface area contributed by atoms with Crippen molar-refractivity contribution in [3.63, 3.8) is 0 Å². The van der Waals surface area contributed by atoms with Gasteiger partial charge in [0, 0.05) is 5.54 Å². The van der Waals surface area contributed by atoms with E-state index in [4.69, 9.17) is 0 Å². The number of rotatable bonds is 2. The van der Waals surface area contributed by atoms with E-state index < -0.39 is 0 Å². The predicted molar refractivity (Wildman–Crippen MR) is 74.4 cm³/mol. The molecule has 1 aliphatic carbocycles. The highest BCUT2D eigenvalue weighted by atomic mass is 16.2. The van der Waals surface area contributed by atoms with Crippen LogP contribution in [0.5, 0.6) is 0 Å². The summed E-state index contributed by atoms with van der Waals surface area (Å²) in [5, 5.41) is 6.72. The molecule has 1 saturated heterocycles. The van der Waals surface area contributed by atoms with E-state index in [0.717, 1.165) is 25.8 Å². The lowest BCUT2D eigenvalue weighted by Gasteiger charge is -2.42. The molecule has 2 rings (SSSR count). The Bertz CT molecular complexity index is 306. The number of carbonyl (C=O) groups is 1. The molecule has 2 N–H and O–H groups in total. The van der Waals surface area contributed by atoms with E-state index in [2.05, 4.69) is 31.4 Å². The fraction of sp³-hybridized carbons (Fsp3) is 0.933. The minimum Gasteiger partial charge on any atom is -0.350 e. The first-order valence-corrected chi connectivity index (χ1v) is 7.48. The summed E-state index contributed by atoms with van der Waals surface area (Å²) in [5.74, 6) is 0.212. The Morgan fingerprint density at radius 2 is 1.72 bits per heavy atom. The van der Waals surface area contributed by atoms with Crippen molar-refractivity contribution < 1.29 is 4.79 Å². The van der Waals surface area contributed by atoms with E-state index in [1.54, 1.807) is 0 Å². The lowest BCUT2D eigenvalue weighted by Crippen LogP contribution is -2.60.